The van der Waals surface area contributed by atoms with Crippen LogP contribution in [0.1, 0.15) is 12.0 Å². The van der Waals surface area contributed by atoms with E-state index in [4.69, 9.17) is 4.74 Å². The molecule has 1 saturated heterocycles. The fraction of sp³-hybridized carbons (Fsp3) is 0.381. The highest BCUT2D eigenvalue weighted by molar-refractivity contribution is 5.67. The second kappa shape index (κ2) is 10.2. The second-order valence-electron chi connectivity index (χ2n) is 6.92. The van der Waals surface area contributed by atoms with E-state index < -0.39 is 6.36 Å². The number of anilines is 1. The average molecular weight is 423 g/mol. The molecule has 1 fully saturated rings. The first-order valence-electron chi connectivity index (χ1n) is 9.68. The largest absolute Gasteiger partial charge is 0.573 e. The summed E-state index contributed by atoms with van der Waals surface area (Å²) in [5, 5.41) is 6.53. The van der Waals surface area contributed by atoms with Gasteiger partial charge in [-0.05, 0) is 36.2 Å². The molecule has 0 radical (unpaired) electrons. The summed E-state index contributed by atoms with van der Waals surface area (Å²) >= 11 is 0. The van der Waals surface area contributed by atoms with E-state index in [1.54, 1.807) is 4.90 Å². The standard InChI is InChI=1S/C21H24F3N3O3/c22-21(23,24)30-19-8-6-17(7-9-19)25-11-10-18-14-27(13-12-26-18)20(28)29-15-16-4-2-1-3-5-16/h1-9,18,25-26H,10-15H2/t18-/m1/s1. The van der Waals surface area contributed by atoms with Gasteiger partial charge in [0.1, 0.15) is 12.4 Å². The number of nitrogens with zero attached hydrogens (tertiary/aromatic N) is 1. The van der Waals surface area contributed by atoms with E-state index in [0.29, 0.717) is 31.9 Å². The lowest BCUT2D eigenvalue weighted by atomic mass is 10.1. The van der Waals surface area contributed by atoms with Crippen molar-refractivity contribution in [3.05, 3.63) is 60.2 Å². The third-order valence-electron chi connectivity index (χ3n) is 4.63. The molecule has 1 aliphatic rings. The summed E-state index contributed by atoms with van der Waals surface area (Å²) in [4.78, 5) is 14.0. The van der Waals surface area contributed by atoms with E-state index in [2.05, 4.69) is 15.4 Å². The van der Waals surface area contributed by atoms with Crippen LogP contribution in [0, 0.1) is 0 Å². The first-order chi connectivity index (χ1) is 14.4. The molecule has 1 atom stereocenters. The minimum atomic E-state index is -4.70. The van der Waals surface area contributed by atoms with Crippen LogP contribution >= 0.6 is 0 Å². The van der Waals surface area contributed by atoms with Crippen molar-refractivity contribution in [3.8, 4) is 5.75 Å². The van der Waals surface area contributed by atoms with Gasteiger partial charge in [0.05, 0.1) is 0 Å². The van der Waals surface area contributed by atoms with Gasteiger partial charge in [-0.25, -0.2) is 4.79 Å². The van der Waals surface area contributed by atoms with Gasteiger partial charge in [0.2, 0.25) is 0 Å². The molecule has 0 bridgehead atoms. The van der Waals surface area contributed by atoms with Crippen LogP contribution in [-0.2, 0) is 11.3 Å². The fourth-order valence-corrected chi connectivity index (χ4v) is 3.16. The van der Waals surface area contributed by atoms with Crippen molar-refractivity contribution < 1.29 is 27.4 Å². The maximum absolute atomic E-state index is 12.3. The molecule has 1 heterocycles. The molecule has 2 aromatic carbocycles. The Morgan fingerprint density at radius 3 is 2.57 bits per heavy atom. The van der Waals surface area contributed by atoms with Crippen molar-refractivity contribution in [3.63, 3.8) is 0 Å². The number of carbonyl (C=O) groups excluding carboxylic acids is 1. The normalized spacial score (nSPS) is 16.8. The Morgan fingerprint density at radius 2 is 1.87 bits per heavy atom. The van der Waals surface area contributed by atoms with Crippen LogP contribution in [0.2, 0.25) is 0 Å². The molecule has 0 spiro atoms. The molecule has 2 aromatic rings. The third-order valence-corrected chi connectivity index (χ3v) is 4.63. The summed E-state index contributed by atoms with van der Waals surface area (Å²) in [6.07, 6.45) is -4.29. The zero-order chi connectivity index (χ0) is 21.4. The molecule has 0 aliphatic carbocycles. The number of halogens is 3. The van der Waals surface area contributed by atoms with Crippen LogP contribution in [-0.4, -0.2) is 49.6 Å². The Hall–Kier alpha value is -2.94. The van der Waals surface area contributed by atoms with Gasteiger partial charge < -0.3 is 25.0 Å². The van der Waals surface area contributed by atoms with Crippen LogP contribution in [0.4, 0.5) is 23.7 Å². The van der Waals surface area contributed by atoms with Crippen molar-refractivity contribution in [2.24, 2.45) is 0 Å². The van der Waals surface area contributed by atoms with Crippen LogP contribution < -0.4 is 15.4 Å². The van der Waals surface area contributed by atoms with Crippen LogP contribution in [0.25, 0.3) is 0 Å². The van der Waals surface area contributed by atoms with Crippen molar-refractivity contribution >= 4 is 11.8 Å². The lowest BCUT2D eigenvalue weighted by Crippen LogP contribution is -2.53. The Morgan fingerprint density at radius 1 is 1.13 bits per heavy atom. The number of alkyl halides is 3. The molecule has 0 saturated carbocycles. The predicted octanol–water partition coefficient (Wildman–Crippen LogP) is 4.00. The fourth-order valence-electron chi connectivity index (χ4n) is 3.16. The lowest BCUT2D eigenvalue weighted by Gasteiger charge is -2.33. The first kappa shape index (κ1) is 21.8. The summed E-state index contributed by atoms with van der Waals surface area (Å²) in [6, 6.07) is 15.2. The molecular formula is C21H24F3N3O3. The predicted molar refractivity (Wildman–Crippen MR) is 106 cm³/mol. The number of carbonyl (C=O) groups is 1. The highest BCUT2D eigenvalue weighted by Crippen LogP contribution is 2.24. The van der Waals surface area contributed by atoms with Gasteiger partial charge in [-0.15, -0.1) is 13.2 Å². The van der Waals surface area contributed by atoms with Gasteiger partial charge in [-0.2, -0.15) is 0 Å². The number of hydrogen-bond donors (Lipinski definition) is 2. The molecular weight excluding hydrogens is 399 g/mol. The number of piperazine rings is 1. The smallest absolute Gasteiger partial charge is 0.445 e. The molecule has 9 heteroatoms. The molecule has 0 unspecified atom stereocenters. The minimum Gasteiger partial charge on any atom is -0.445 e. The van der Waals surface area contributed by atoms with Gasteiger partial charge in [0, 0.05) is 37.9 Å². The van der Waals surface area contributed by atoms with Crippen molar-refractivity contribution in [1.29, 1.82) is 0 Å². The molecule has 3 rings (SSSR count). The quantitative estimate of drug-likeness (QED) is 0.705. The van der Waals surface area contributed by atoms with E-state index >= 15 is 0 Å². The molecule has 6 nitrogen and oxygen atoms in total. The summed E-state index contributed by atoms with van der Waals surface area (Å²) in [6.45, 7) is 2.63. The van der Waals surface area contributed by atoms with Crippen LogP contribution in [0.5, 0.6) is 5.75 Å². The van der Waals surface area contributed by atoms with Gasteiger partial charge >= 0.3 is 12.5 Å². The summed E-state index contributed by atoms with van der Waals surface area (Å²) in [5.41, 5.74) is 1.63. The summed E-state index contributed by atoms with van der Waals surface area (Å²) < 4.78 is 45.8. The van der Waals surface area contributed by atoms with Gasteiger partial charge in [0.15, 0.2) is 0 Å². The van der Waals surface area contributed by atoms with E-state index in [1.165, 1.54) is 24.3 Å². The maximum atomic E-state index is 12.3. The number of rotatable bonds is 7. The molecule has 2 N–H and O–H groups in total. The minimum absolute atomic E-state index is 0.100. The molecule has 30 heavy (non-hydrogen) atoms. The Kier molecular flexibility index (Phi) is 7.40. The number of nitrogens with one attached hydrogen (secondary N) is 2. The number of ether oxygens (including phenoxy) is 2. The van der Waals surface area contributed by atoms with Gasteiger partial charge in [0.25, 0.3) is 0 Å². The Labute approximate surface area is 173 Å². The van der Waals surface area contributed by atoms with Crippen molar-refractivity contribution in [2.45, 2.75) is 25.4 Å². The van der Waals surface area contributed by atoms with E-state index in [9.17, 15) is 18.0 Å². The Bertz CT molecular complexity index is 801. The molecule has 1 amide bonds. The van der Waals surface area contributed by atoms with E-state index in [0.717, 1.165) is 12.0 Å². The summed E-state index contributed by atoms with van der Waals surface area (Å²) in [7, 11) is 0. The zero-order valence-electron chi connectivity index (χ0n) is 16.3. The number of hydrogen-bond acceptors (Lipinski definition) is 5. The monoisotopic (exact) mass is 423 g/mol. The van der Waals surface area contributed by atoms with Crippen molar-refractivity contribution in [2.75, 3.05) is 31.5 Å². The van der Waals surface area contributed by atoms with E-state index in [-0.39, 0.29) is 24.5 Å². The highest BCUT2D eigenvalue weighted by atomic mass is 19.4. The van der Waals surface area contributed by atoms with Crippen LogP contribution in [0.15, 0.2) is 54.6 Å². The second-order valence-corrected chi connectivity index (χ2v) is 6.92. The van der Waals surface area contributed by atoms with Gasteiger partial charge in [-0.3, -0.25) is 0 Å². The van der Waals surface area contributed by atoms with Crippen LogP contribution in [0.3, 0.4) is 0 Å². The maximum Gasteiger partial charge on any atom is 0.573 e. The molecule has 0 aromatic heterocycles. The van der Waals surface area contributed by atoms with Gasteiger partial charge in [-0.1, -0.05) is 30.3 Å². The summed E-state index contributed by atoms with van der Waals surface area (Å²) in [5.74, 6) is -0.258. The third kappa shape index (κ3) is 7.14. The topological polar surface area (TPSA) is 62.8 Å². The SMILES string of the molecule is O=C(OCc1ccccc1)N1CCN[C@H](CCNc2ccc(OC(F)(F)F)cc2)C1. The Balaban J connectivity index is 1.39. The average Bonchev–Trinajstić information content (AvgIpc) is 2.73. The lowest BCUT2D eigenvalue weighted by molar-refractivity contribution is -0.274. The number of amides is 1. The molecule has 162 valence electrons. The van der Waals surface area contributed by atoms with E-state index in [1.807, 2.05) is 30.3 Å². The van der Waals surface area contributed by atoms with Crippen molar-refractivity contribution in [1.82, 2.24) is 10.2 Å². The molecule has 1 aliphatic heterocycles. The highest BCUT2D eigenvalue weighted by Gasteiger charge is 2.31. The number of benzene rings is 2. The first-order valence-corrected chi connectivity index (χ1v) is 9.68. The zero-order valence-corrected chi connectivity index (χ0v) is 16.3.